The molecule has 0 bridgehead atoms. The summed E-state index contributed by atoms with van der Waals surface area (Å²) in [6.45, 7) is 2.82. The summed E-state index contributed by atoms with van der Waals surface area (Å²) in [5.74, 6) is -0.844. The summed E-state index contributed by atoms with van der Waals surface area (Å²) >= 11 is 0. The molecule has 2 aromatic carbocycles. The van der Waals surface area contributed by atoms with Gasteiger partial charge >= 0.3 is 0 Å². The van der Waals surface area contributed by atoms with Crippen LogP contribution in [0.3, 0.4) is 0 Å². The quantitative estimate of drug-likeness (QED) is 0.836. The molecule has 5 heteroatoms. The van der Waals surface area contributed by atoms with E-state index >= 15 is 0 Å². The van der Waals surface area contributed by atoms with E-state index in [0.29, 0.717) is 12.1 Å². The fourth-order valence-electron chi connectivity index (χ4n) is 4.09. The molecule has 136 valence electrons. The maximum Gasteiger partial charge on any atom is 0.230 e. The van der Waals surface area contributed by atoms with Gasteiger partial charge in [0.1, 0.15) is 11.6 Å². The molecular weight excluding hydrogens is 334 g/mol. The van der Waals surface area contributed by atoms with Crippen LogP contribution >= 0.6 is 0 Å². The van der Waals surface area contributed by atoms with Crippen molar-refractivity contribution in [3.63, 3.8) is 0 Å². The molecule has 2 aliphatic heterocycles. The van der Waals surface area contributed by atoms with Crippen LogP contribution in [0.25, 0.3) is 0 Å². The van der Waals surface area contributed by atoms with E-state index in [4.69, 9.17) is 0 Å². The molecule has 26 heavy (non-hydrogen) atoms. The summed E-state index contributed by atoms with van der Waals surface area (Å²) in [6.07, 6.45) is 2.50. The lowest BCUT2D eigenvalue weighted by molar-refractivity contribution is -0.123. The van der Waals surface area contributed by atoms with Crippen LogP contribution in [0.5, 0.6) is 0 Å². The minimum absolute atomic E-state index is 0.0293. The smallest absolute Gasteiger partial charge is 0.230 e. The Balaban J connectivity index is 1.36. The molecular formula is C21H22F2N2O. The predicted octanol–water partition coefficient (Wildman–Crippen LogP) is 3.77. The molecule has 3 nitrogen and oxygen atoms in total. The zero-order chi connectivity index (χ0) is 18.1. The molecule has 0 radical (unpaired) electrons. The number of halogens is 2. The van der Waals surface area contributed by atoms with Crippen LogP contribution < -0.4 is 4.90 Å². The largest absolute Gasteiger partial charge is 0.312 e. The first-order valence-corrected chi connectivity index (χ1v) is 9.17. The molecule has 4 rings (SSSR count). The Morgan fingerprint density at radius 1 is 1.00 bits per heavy atom. The van der Waals surface area contributed by atoms with Gasteiger partial charge in [0, 0.05) is 30.8 Å². The summed E-state index contributed by atoms with van der Waals surface area (Å²) in [6, 6.07) is 11.7. The van der Waals surface area contributed by atoms with Gasteiger partial charge in [-0.2, -0.15) is 0 Å². The molecule has 0 atom stereocenters. The number of hydrogen-bond acceptors (Lipinski definition) is 2. The maximum absolute atomic E-state index is 13.3. The van der Waals surface area contributed by atoms with Crippen molar-refractivity contribution < 1.29 is 13.6 Å². The van der Waals surface area contributed by atoms with Crippen molar-refractivity contribution in [1.29, 1.82) is 0 Å². The minimum atomic E-state index is -0.544. The third kappa shape index (κ3) is 3.49. The van der Waals surface area contributed by atoms with E-state index in [9.17, 15) is 13.6 Å². The molecule has 0 aromatic heterocycles. The average Bonchev–Trinajstić information content (AvgIpc) is 3.05. The average molecular weight is 356 g/mol. The zero-order valence-electron chi connectivity index (χ0n) is 14.6. The number of carbonyl (C=O) groups excluding carboxylic acids is 1. The maximum atomic E-state index is 13.3. The number of hydrogen-bond donors (Lipinski definition) is 0. The van der Waals surface area contributed by atoms with Gasteiger partial charge in [-0.05, 0) is 61.7 Å². The van der Waals surface area contributed by atoms with Crippen LogP contribution in [0, 0.1) is 17.6 Å². The minimum Gasteiger partial charge on any atom is -0.312 e. The number of anilines is 1. The van der Waals surface area contributed by atoms with E-state index in [1.165, 1.54) is 17.7 Å². The van der Waals surface area contributed by atoms with Gasteiger partial charge in [0.2, 0.25) is 5.91 Å². The van der Waals surface area contributed by atoms with Crippen molar-refractivity contribution in [3.8, 4) is 0 Å². The summed E-state index contributed by atoms with van der Waals surface area (Å²) < 4.78 is 26.7. The van der Waals surface area contributed by atoms with Crippen LogP contribution in [0.1, 0.15) is 24.0 Å². The van der Waals surface area contributed by atoms with Crippen LogP contribution in [0.2, 0.25) is 0 Å². The van der Waals surface area contributed by atoms with Crippen molar-refractivity contribution in [3.05, 3.63) is 65.2 Å². The summed E-state index contributed by atoms with van der Waals surface area (Å²) in [5.41, 5.74) is 2.93. The number of piperidine rings is 1. The van der Waals surface area contributed by atoms with E-state index < -0.39 is 11.6 Å². The lowest BCUT2D eigenvalue weighted by Crippen LogP contribution is -2.42. The number of rotatable bonds is 3. The molecule has 2 aliphatic rings. The van der Waals surface area contributed by atoms with E-state index in [2.05, 4.69) is 11.0 Å². The van der Waals surface area contributed by atoms with Crippen molar-refractivity contribution in [2.45, 2.75) is 25.8 Å². The molecule has 1 saturated heterocycles. The first-order chi connectivity index (χ1) is 12.6. The Labute approximate surface area is 152 Å². The van der Waals surface area contributed by atoms with Crippen molar-refractivity contribution in [2.75, 3.05) is 24.5 Å². The molecule has 2 heterocycles. The number of carbonyl (C=O) groups is 1. The van der Waals surface area contributed by atoms with E-state index in [1.54, 1.807) is 0 Å². The SMILES string of the molecule is O=C(C1CCN(Cc2cc(F)cc(F)c2)CC1)N1CCc2ccccc21. The van der Waals surface area contributed by atoms with Crippen molar-refractivity contribution in [1.82, 2.24) is 4.90 Å². The van der Waals surface area contributed by atoms with Crippen LogP contribution in [-0.4, -0.2) is 30.4 Å². The predicted molar refractivity (Wildman–Crippen MR) is 96.9 cm³/mol. The second-order valence-corrected chi connectivity index (χ2v) is 7.20. The highest BCUT2D eigenvalue weighted by Crippen LogP contribution is 2.31. The molecule has 0 saturated carbocycles. The molecule has 1 amide bonds. The van der Waals surface area contributed by atoms with E-state index in [-0.39, 0.29) is 11.8 Å². The fraction of sp³-hybridized carbons (Fsp3) is 0.381. The van der Waals surface area contributed by atoms with E-state index in [1.807, 2.05) is 23.1 Å². The fourth-order valence-corrected chi connectivity index (χ4v) is 4.09. The normalized spacial score (nSPS) is 18.2. The van der Waals surface area contributed by atoms with Gasteiger partial charge in [-0.25, -0.2) is 8.78 Å². The highest BCUT2D eigenvalue weighted by molar-refractivity contribution is 5.97. The Kier molecular flexibility index (Phi) is 4.72. The first kappa shape index (κ1) is 17.2. The molecule has 0 N–H and O–H groups in total. The monoisotopic (exact) mass is 356 g/mol. The van der Waals surface area contributed by atoms with Crippen LogP contribution in [0.4, 0.5) is 14.5 Å². The van der Waals surface area contributed by atoms with E-state index in [0.717, 1.165) is 50.7 Å². The summed E-state index contributed by atoms with van der Waals surface area (Å²) in [7, 11) is 0. The van der Waals surface area contributed by atoms with Gasteiger partial charge < -0.3 is 4.90 Å². The first-order valence-electron chi connectivity index (χ1n) is 9.17. The number of fused-ring (bicyclic) bond motifs is 1. The number of benzene rings is 2. The molecule has 0 spiro atoms. The number of amides is 1. The van der Waals surface area contributed by atoms with Crippen molar-refractivity contribution >= 4 is 11.6 Å². The molecule has 0 unspecified atom stereocenters. The molecule has 1 fully saturated rings. The van der Waals surface area contributed by atoms with Gasteiger partial charge in [-0.1, -0.05) is 18.2 Å². The highest BCUT2D eigenvalue weighted by Gasteiger charge is 2.32. The second kappa shape index (κ2) is 7.16. The number of likely N-dealkylation sites (tertiary alicyclic amines) is 1. The van der Waals surface area contributed by atoms with Gasteiger partial charge in [0.15, 0.2) is 0 Å². The summed E-state index contributed by atoms with van der Waals surface area (Å²) in [5, 5.41) is 0. The molecule has 2 aromatic rings. The van der Waals surface area contributed by atoms with Gasteiger partial charge in [0.25, 0.3) is 0 Å². The number of nitrogens with zero attached hydrogens (tertiary/aromatic N) is 2. The van der Waals surface area contributed by atoms with Gasteiger partial charge in [-0.15, -0.1) is 0 Å². The lowest BCUT2D eigenvalue weighted by atomic mass is 9.95. The lowest BCUT2D eigenvalue weighted by Gasteiger charge is -2.33. The third-order valence-electron chi connectivity index (χ3n) is 5.42. The van der Waals surface area contributed by atoms with Gasteiger partial charge in [-0.3, -0.25) is 9.69 Å². The summed E-state index contributed by atoms with van der Waals surface area (Å²) in [4.78, 5) is 17.0. The Morgan fingerprint density at radius 2 is 1.69 bits per heavy atom. The Hall–Kier alpha value is -2.27. The third-order valence-corrected chi connectivity index (χ3v) is 5.42. The number of para-hydroxylation sites is 1. The Bertz CT molecular complexity index is 795. The second-order valence-electron chi connectivity index (χ2n) is 7.20. The van der Waals surface area contributed by atoms with Crippen LogP contribution in [-0.2, 0) is 17.8 Å². The molecule has 0 aliphatic carbocycles. The zero-order valence-corrected chi connectivity index (χ0v) is 14.6. The standard InChI is InChI=1S/C21H22F2N2O/c22-18-11-15(12-19(23)13-18)14-24-8-5-17(6-9-24)21(26)25-10-7-16-3-1-2-4-20(16)25/h1-4,11-13,17H,5-10,14H2. The van der Waals surface area contributed by atoms with Gasteiger partial charge in [0.05, 0.1) is 0 Å². The highest BCUT2D eigenvalue weighted by atomic mass is 19.1. The Morgan fingerprint density at radius 3 is 2.42 bits per heavy atom. The topological polar surface area (TPSA) is 23.6 Å². The van der Waals surface area contributed by atoms with Crippen LogP contribution in [0.15, 0.2) is 42.5 Å². The van der Waals surface area contributed by atoms with Crippen molar-refractivity contribution in [2.24, 2.45) is 5.92 Å².